The molecule has 2 heterocycles. The Balaban J connectivity index is 1.68. The molecule has 2 unspecified atom stereocenters. The smallest absolute Gasteiger partial charge is 0.137 e. The Labute approximate surface area is 178 Å². The Hall–Kier alpha value is -1.82. The maximum atomic E-state index is 12.0. The van der Waals surface area contributed by atoms with Gasteiger partial charge in [-0.2, -0.15) is 0 Å². The monoisotopic (exact) mass is 454 g/mol. The zero-order valence-corrected chi connectivity index (χ0v) is 18.0. The van der Waals surface area contributed by atoms with E-state index in [-0.39, 0.29) is 12.1 Å². The van der Waals surface area contributed by atoms with Gasteiger partial charge in [0, 0.05) is 34.2 Å². The van der Waals surface area contributed by atoms with Gasteiger partial charge in [0.1, 0.15) is 11.3 Å². The number of carbonyl (C=O) groups is 1. The molecule has 1 saturated heterocycles. The number of hydrogen-bond donors (Lipinski definition) is 0. The molecule has 3 nitrogen and oxygen atoms in total. The van der Waals surface area contributed by atoms with Crippen LogP contribution in [0.4, 0.5) is 0 Å². The Bertz CT molecular complexity index is 928. The van der Waals surface area contributed by atoms with Crippen LogP contribution in [0.15, 0.2) is 64.6 Å². The summed E-state index contributed by atoms with van der Waals surface area (Å²) in [5.41, 5.74) is 3.63. The van der Waals surface area contributed by atoms with Crippen LogP contribution in [0.5, 0.6) is 0 Å². The average molecular weight is 455 g/mol. The molecule has 0 bridgehead atoms. The van der Waals surface area contributed by atoms with E-state index < -0.39 is 0 Å². The van der Waals surface area contributed by atoms with E-state index in [2.05, 4.69) is 68.3 Å². The average Bonchev–Trinajstić information content (AvgIpc) is 3.19. The van der Waals surface area contributed by atoms with Crippen LogP contribution in [0.2, 0.25) is 0 Å². The van der Waals surface area contributed by atoms with E-state index in [4.69, 9.17) is 0 Å². The number of benzene rings is 2. The predicted molar refractivity (Wildman–Crippen MR) is 118 cm³/mol. The first-order chi connectivity index (χ1) is 13.8. The Morgan fingerprint density at radius 2 is 2.00 bits per heavy atom. The quantitative estimate of drug-likeness (QED) is 0.426. The van der Waals surface area contributed by atoms with E-state index in [1.807, 2.05) is 17.6 Å². The first kappa shape index (κ1) is 19.5. The number of nitrogens with zero attached hydrogens (tertiary/aromatic N) is 2. The molecule has 1 fully saturated rings. The third-order valence-electron chi connectivity index (χ3n) is 5.45. The Kier molecular flexibility index (Phi) is 6.35. The maximum Gasteiger partial charge on any atom is 0.137 e. The number of aromatic nitrogens is 1. The summed E-state index contributed by atoms with van der Waals surface area (Å²) in [5.74, 6) is 0. The van der Waals surface area contributed by atoms with E-state index >= 15 is 0 Å². The molecule has 144 valence electrons. The molecule has 0 saturated carbocycles. The summed E-state index contributed by atoms with van der Waals surface area (Å²) in [6.07, 6.45) is 7.22. The van der Waals surface area contributed by atoms with Crippen LogP contribution in [0, 0.1) is 0 Å². The normalized spacial score (nSPS) is 20.6. The minimum absolute atomic E-state index is 0.0527. The van der Waals surface area contributed by atoms with Crippen LogP contribution < -0.4 is 0 Å². The van der Waals surface area contributed by atoms with E-state index in [0.717, 1.165) is 53.6 Å². The molecule has 0 radical (unpaired) electrons. The summed E-state index contributed by atoms with van der Waals surface area (Å²) in [6, 6.07) is 17.1. The van der Waals surface area contributed by atoms with Gasteiger partial charge in [0.05, 0.1) is 6.04 Å². The Morgan fingerprint density at radius 1 is 1.14 bits per heavy atom. The van der Waals surface area contributed by atoms with Crippen molar-refractivity contribution in [1.82, 2.24) is 9.88 Å². The van der Waals surface area contributed by atoms with Gasteiger partial charge in [0.15, 0.2) is 0 Å². The number of aldehydes is 1. The van der Waals surface area contributed by atoms with Crippen molar-refractivity contribution in [3.63, 3.8) is 0 Å². The summed E-state index contributed by atoms with van der Waals surface area (Å²) < 4.78 is 1.12. The fourth-order valence-electron chi connectivity index (χ4n) is 4.09. The van der Waals surface area contributed by atoms with Crippen LogP contribution >= 0.6 is 27.3 Å². The molecule has 1 aliphatic rings. The largest absolute Gasteiger partial charge is 0.302 e. The molecular formula is C23H23BrN2OS. The van der Waals surface area contributed by atoms with Gasteiger partial charge in [0.2, 0.25) is 0 Å². The Morgan fingerprint density at radius 3 is 2.79 bits per heavy atom. The highest BCUT2D eigenvalue weighted by molar-refractivity contribution is 9.10. The standard InChI is InChI=1S/C23H23BrN2OS/c24-21-10-3-2-9-20(21)22-11-4-1-8-19(16-27)26(22)15-17-6-5-7-18(14-17)23-25-12-13-28-23/h2-3,5-7,9-10,12-14,16,19,22H,1,4,8,11,15H2. The lowest BCUT2D eigenvalue weighted by Gasteiger charge is -2.34. The summed E-state index contributed by atoms with van der Waals surface area (Å²) in [6.45, 7) is 0.759. The maximum absolute atomic E-state index is 12.0. The molecule has 0 spiro atoms. The molecule has 0 N–H and O–H groups in total. The summed E-state index contributed by atoms with van der Waals surface area (Å²) in [4.78, 5) is 18.8. The lowest BCUT2D eigenvalue weighted by molar-refractivity contribution is -0.113. The highest BCUT2D eigenvalue weighted by Crippen LogP contribution is 2.37. The lowest BCUT2D eigenvalue weighted by Crippen LogP contribution is -2.38. The second-order valence-corrected chi connectivity index (χ2v) is 8.98. The molecule has 1 aromatic heterocycles. The first-order valence-electron chi connectivity index (χ1n) is 9.70. The van der Waals surface area contributed by atoms with E-state index in [9.17, 15) is 4.79 Å². The van der Waals surface area contributed by atoms with Crippen molar-refractivity contribution < 1.29 is 4.79 Å². The SMILES string of the molecule is O=CC1CCCCC(c2ccccc2Br)N1Cc1cccc(-c2nccs2)c1. The molecule has 3 aromatic rings. The lowest BCUT2D eigenvalue weighted by atomic mass is 9.99. The molecule has 2 aromatic carbocycles. The van der Waals surface area contributed by atoms with Gasteiger partial charge < -0.3 is 4.79 Å². The molecule has 5 heteroatoms. The number of carbonyl (C=O) groups excluding carboxylic acids is 1. The van der Waals surface area contributed by atoms with Crippen molar-refractivity contribution >= 4 is 33.6 Å². The summed E-state index contributed by atoms with van der Waals surface area (Å²) >= 11 is 5.38. The van der Waals surface area contributed by atoms with Gasteiger partial charge in [-0.25, -0.2) is 4.98 Å². The number of thiazole rings is 1. The third kappa shape index (κ3) is 4.27. The molecule has 28 heavy (non-hydrogen) atoms. The van der Waals surface area contributed by atoms with Gasteiger partial charge in [0.25, 0.3) is 0 Å². The fourth-order valence-corrected chi connectivity index (χ4v) is 5.27. The van der Waals surface area contributed by atoms with Gasteiger partial charge in [-0.05, 0) is 36.1 Å². The topological polar surface area (TPSA) is 33.2 Å². The van der Waals surface area contributed by atoms with Crippen molar-refractivity contribution in [2.45, 2.75) is 44.3 Å². The van der Waals surface area contributed by atoms with Crippen molar-refractivity contribution in [2.24, 2.45) is 0 Å². The van der Waals surface area contributed by atoms with Crippen molar-refractivity contribution in [3.05, 3.63) is 75.7 Å². The zero-order valence-electron chi connectivity index (χ0n) is 15.6. The van der Waals surface area contributed by atoms with Crippen LogP contribution in [0.25, 0.3) is 10.6 Å². The number of hydrogen-bond acceptors (Lipinski definition) is 4. The van der Waals surface area contributed by atoms with E-state index in [1.165, 1.54) is 11.1 Å². The third-order valence-corrected chi connectivity index (χ3v) is 6.99. The molecule has 4 rings (SSSR count). The second-order valence-electron chi connectivity index (χ2n) is 7.24. The molecular weight excluding hydrogens is 432 g/mol. The van der Waals surface area contributed by atoms with Crippen molar-refractivity contribution in [2.75, 3.05) is 0 Å². The zero-order chi connectivity index (χ0) is 19.3. The second kappa shape index (κ2) is 9.12. The van der Waals surface area contributed by atoms with Crippen LogP contribution in [-0.4, -0.2) is 22.2 Å². The summed E-state index contributed by atoms with van der Waals surface area (Å²) in [5, 5.41) is 3.04. The number of rotatable bonds is 5. The highest BCUT2D eigenvalue weighted by Gasteiger charge is 2.30. The van der Waals surface area contributed by atoms with Crippen LogP contribution in [0.1, 0.15) is 42.9 Å². The van der Waals surface area contributed by atoms with E-state index in [0.29, 0.717) is 0 Å². The predicted octanol–water partition coefficient (Wildman–Crippen LogP) is 6.26. The van der Waals surface area contributed by atoms with Gasteiger partial charge in [-0.15, -0.1) is 11.3 Å². The minimum Gasteiger partial charge on any atom is -0.302 e. The minimum atomic E-state index is -0.0527. The van der Waals surface area contributed by atoms with Gasteiger partial charge in [-0.1, -0.05) is 65.2 Å². The number of halogens is 1. The van der Waals surface area contributed by atoms with Crippen LogP contribution in [0.3, 0.4) is 0 Å². The van der Waals surface area contributed by atoms with Crippen molar-refractivity contribution in [1.29, 1.82) is 0 Å². The van der Waals surface area contributed by atoms with E-state index in [1.54, 1.807) is 11.3 Å². The molecule has 2 atom stereocenters. The van der Waals surface area contributed by atoms with Gasteiger partial charge in [-0.3, -0.25) is 4.90 Å². The van der Waals surface area contributed by atoms with Crippen LogP contribution in [-0.2, 0) is 11.3 Å². The summed E-state index contributed by atoms with van der Waals surface area (Å²) in [7, 11) is 0. The first-order valence-corrected chi connectivity index (χ1v) is 11.4. The molecule has 0 amide bonds. The van der Waals surface area contributed by atoms with Gasteiger partial charge >= 0.3 is 0 Å². The fraction of sp³-hybridized carbons (Fsp3) is 0.304. The number of likely N-dealkylation sites (tertiary alicyclic amines) is 1. The molecule has 0 aliphatic carbocycles. The molecule has 1 aliphatic heterocycles. The highest BCUT2D eigenvalue weighted by atomic mass is 79.9. The van der Waals surface area contributed by atoms with Crippen molar-refractivity contribution in [3.8, 4) is 10.6 Å².